The van der Waals surface area contributed by atoms with E-state index in [1.165, 1.54) is 12.1 Å². The van der Waals surface area contributed by atoms with Gasteiger partial charge in [-0.3, -0.25) is 14.4 Å². The summed E-state index contributed by atoms with van der Waals surface area (Å²) < 4.78 is 0. The van der Waals surface area contributed by atoms with Crippen LogP contribution in [0.15, 0.2) is 24.3 Å². The molecule has 6 N–H and O–H groups in total. The van der Waals surface area contributed by atoms with Crippen LogP contribution in [-0.4, -0.2) is 59.5 Å². The predicted molar refractivity (Wildman–Crippen MR) is 125 cm³/mol. The highest BCUT2D eigenvalue weighted by molar-refractivity contribution is 7.98. The molecule has 0 aliphatic rings. The van der Waals surface area contributed by atoms with Crippen LogP contribution < -0.4 is 21.7 Å². The molecule has 0 radical (unpaired) electrons. The number of nitrogens with one attached hydrogen (secondary N) is 3. The maximum Gasteiger partial charge on any atom is 0.243 e. The molecule has 1 aromatic carbocycles. The quantitative estimate of drug-likeness (QED) is 0.305. The Kier molecular flexibility index (Phi) is 12.0. The molecule has 3 amide bonds. The third-order valence-corrected chi connectivity index (χ3v) is 5.27. The number of benzene rings is 1. The number of hydrogen-bond acceptors (Lipinski definition) is 6. The van der Waals surface area contributed by atoms with E-state index < -0.39 is 23.9 Å². The highest BCUT2D eigenvalue weighted by atomic mass is 32.2. The van der Waals surface area contributed by atoms with E-state index in [1.54, 1.807) is 23.9 Å². The number of thioether (sulfide) groups is 1. The zero-order valence-corrected chi connectivity index (χ0v) is 19.6. The molecular weight excluding hydrogens is 416 g/mol. The summed E-state index contributed by atoms with van der Waals surface area (Å²) in [5.74, 6) is 0.152. The van der Waals surface area contributed by atoms with Gasteiger partial charge in [-0.05, 0) is 61.8 Å². The van der Waals surface area contributed by atoms with E-state index in [0.29, 0.717) is 18.1 Å². The van der Waals surface area contributed by atoms with Gasteiger partial charge in [0.2, 0.25) is 17.7 Å². The smallest absolute Gasteiger partial charge is 0.243 e. The molecular formula is C22H36N4O4S. The number of amides is 3. The van der Waals surface area contributed by atoms with E-state index in [2.05, 4.69) is 29.8 Å². The third-order valence-electron chi connectivity index (χ3n) is 4.63. The Morgan fingerprint density at radius 2 is 1.71 bits per heavy atom. The zero-order chi connectivity index (χ0) is 23.4. The highest BCUT2D eigenvalue weighted by Gasteiger charge is 2.24. The topological polar surface area (TPSA) is 134 Å². The highest BCUT2D eigenvalue weighted by Crippen LogP contribution is 2.11. The van der Waals surface area contributed by atoms with E-state index in [0.717, 1.165) is 12.0 Å². The fourth-order valence-corrected chi connectivity index (χ4v) is 3.62. The number of carbonyl (C=O) groups excluding carboxylic acids is 3. The molecule has 9 heteroatoms. The van der Waals surface area contributed by atoms with Crippen molar-refractivity contribution in [2.24, 2.45) is 11.7 Å². The van der Waals surface area contributed by atoms with Gasteiger partial charge in [0, 0.05) is 6.04 Å². The van der Waals surface area contributed by atoms with E-state index in [4.69, 9.17) is 5.73 Å². The molecule has 1 rings (SSSR count). The molecule has 0 aliphatic carbocycles. The number of phenols is 1. The predicted octanol–water partition coefficient (Wildman–Crippen LogP) is 1.17. The number of hydrogen-bond donors (Lipinski definition) is 5. The summed E-state index contributed by atoms with van der Waals surface area (Å²) in [5, 5.41) is 17.5. The molecule has 1 unspecified atom stereocenters. The van der Waals surface area contributed by atoms with Gasteiger partial charge in [0.25, 0.3) is 0 Å². The van der Waals surface area contributed by atoms with E-state index in [-0.39, 0.29) is 30.7 Å². The molecule has 1 aromatic rings. The minimum Gasteiger partial charge on any atom is -0.508 e. The van der Waals surface area contributed by atoms with Gasteiger partial charge in [0.05, 0.1) is 12.6 Å². The second-order valence-corrected chi connectivity index (χ2v) is 9.12. The van der Waals surface area contributed by atoms with Gasteiger partial charge >= 0.3 is 0 Å². The fourth-order valence-electron chi connectivity index (χ4n) is 3.14. The van der Waals surface area contributed by atoms with Crippen molar-refractivity contribution in [3.63, 3.8) is 0 Å². The van der Waals surface area contributed by atoms with Crippen LogP contribution in [0.5, 0.6) is 5.75 Å². The summed E-state index contributed by atoms with van der Waals surface area (Å²) in [7, 11) is 0. The lowest BCUT2D eigenvalue weighted by Gasteiger charge is -2.21. The Balaban J connectivity index is 2.59. The summed E-state index contributed by atoms with van der Waals surface area (Å²) in [6.45, 7) is 5.94. The Morgan fingerprint density at radius 1 is 1.06 bits per heavy atom. The Hall–Kier alpha value is -2.26. The molecule has 0 heterocycles. The van der Waals surface area contributed by atoms with Crippen LogP contribution in [0.1, 0.15) is 39.2 Å². The normalized spacial score (nSPS) is 13.9. The standard InChI is InChI=1S/C22H36N4O4S/c1-14(2)11-15(3)25-20(28)13-24-22(30)19(9-10-31-4)26-21(29)18(23)12-16-5-7-17(27)8-6-16/h5-8,14-15,18-19,27H,9-13,23H2,1-4H3,(H,24,30)(H,25,28)(H,26,29)/t15?,18-,19-/m0/s1. The van der Waals surface area contributed by atoms with Crippen LogP contribution in [0.3, 0.4) is 0 Å². The molecule has 0 saturated heterocycles. The van der Waals surface area contributed by atoms with Crippen molar-refractivity contribution in [1.82, 2.24) is 16.0 Å². The molecule has 0 aromatic heterocycles. The second-order valence-electron chi connectivity index (χ2n) is 8.14. The summed E-state index contributed by atoms with van der Waals surface area (Å²) in [5.41, 5.74) is 6.81. The Morgan fingerprint density at radius 3 is 2.29 bits per heavy atom. The molecule has 8 nitrogen and oxygen atoms in total. The van der Waals surface area contributed by atoms with Gasteiger partial charge in [-0.2, -0.15) is 11.8 Å². The van der Waals surface area contributed by atoms with Gasteiger partial charge in [-0.25, -0.2) is 0 Å². The molecule has 0 spiro atoms. The molecule has 31 heavy (non-hydrogen) atoms. The lowest BCUT2D eigenvalue weighted by molar-refractivity contribution is -0.130. The minimum absolute atomic E-state index is 0.0225. The van der Waals surface area contributed by atoms with E-state index in [9.17, 15) is 19.5 Å². The van der Waals surface area contributed by atoms with Crippen LogP contribution >= 0.6 is 11.8 Å². The van der Waals surface area contributed by atoms with Crippen molar-refractivity contribution < 1.29 is 19.5 Å². The zero-order valence-electron chi connectivity index (χ0n) is 18.8. The molecule has 0 aliphatic heterocycles. The van der Waals surface area contributed by atoms with Gasteiger partial charge in [-0.15, -0.1) is 0 Å². The average Bonchev–Trinajstić information content (AvgIpc) is 2.70. The van der Waals surface area contributed by atoms with Crippen LogP contribution in [0, 0.1) is 5.92 Å². The summed E-state index contributed by atoms with van der Waals surface area (Å²) in [4.78, 5) is 37.2. The van der Waals surface area contributed by atoms with Crippen molar-refractivity contribution >= 4 is 29.5 Å². The first kappa shape index (κ1) is 26.8. The first-order valence-corrected chi connectivity index (χ1v) is 11.9. The van der Waals surface area contributed by atoms with Crippen LogP contribution in [0.4, 0.5) is 0 Å². The number of rotatable bonds is 13. The first-order valence-electron chi connectivity index (χ1n) is 10.5. The van der Waals surface area contributed by atoms with Crippen molar-refractivity contribution in [1.29, 1.82) is 0 Å². The van der Waals surface area contributed by atoms with Crippen LogP contribution in [-0.2, 0) is 20.8 Å². The monoisotopic (exact) mass is 452 g/mol. The van der Waals surface area contributed by atoms with Crippen LogP contribution in [0.25, 0.3) is 0 Å². The molecule has 3 atom stereocenters. The van der Waals surface area contributed by atoms with E-state index in [1.807, 2.05) is 13.2 Å². The van der Waals surface area contributed by atoms with E-state index >= 15 is 0 Å². The van der Waals surface area contributed by atoms with Crippen molar-refractivity contribution in [3.05, 3.63) is 29.8 Å². The number of aromatic hydroxyl groups is 1. The van der Waals surface area contributed by atoms with Gasteiger partial charge in [0.1, 0.15) is 11.8 Å². The van der Waals surface area contributed by atoms with Crippen molar-refractivity contribution in [2.45, 2.75) is 58.2 Å². The Labute approximate surface area is 189 Å². The molecule has 174 valence electrons. The summed E-state index contributed by atoms with van der Waals surface area (Å²) in [6, 6.07) is 4.86. The number of phenolic OH excluding ortho intramolecular Hbond substituents is 1. The lowest BCUT2D eigenvalue weighted by Crippen LogP contribution is -2.53. The summed E-state index contributed by atoms with van der Waals surface area (Å²) in [6.07, 6.45) is 3.47. The largest absolute Gasteiger partial charge is 0.508 e. The maximum absolute atomic E-state index is 12.6. The second kappa shape index (κ2) is 13.9. The number of carbonyl (C=O) groups is 3. The molecule has 0 bridgehead atoms. The van der Waals surface area contributed by atoms with Crippen molar-refractivity contribution in [2.75, 3.05) is 18.6 Å². The van der Waals surface area contributed by atoms with Crippen LogP contribution in [0.2, 0.25) is 0 Å². The minimum atomic E-state index is -0.839. The van der Waals surface area contributed by atoms with Gasteiger partial charge in [0.15, 0.2) is 0 Å². The van der Waals surface area contributed by atoms with Gasteiger partial charge in [-0.1, -0.05) is 26.0 Å². The van der Waals surface area contributed by atoms with Gasteiger partial charge < -0.3 is 26.8 Å². The summed E-state index contributed by atoms with van der Waals surface area (Å²) >= 11 is 1.56. The fraction of sp³-hybridized carbons (Fsp3) is 0.591. The average molecular weight is 453 g/mol. The first-order chi connectivity index (χ1) is 14.6. The number of nitrogens with two attached hydrogens (primary N) is 1. The SMILES string of the molecule is CSCC[C@H](NC(=O)[C@@H](N)Cc1ccc(O)cc1)C(=O)NCC(=O)NC(C)CC(C)C. The lowest BCUT2D eigenvalue weighted by atomic mass is 10.1. The molecule has 0 saturated carbocycles. The third kappa shape index (κ3) is 11.1. The van der Waals surface area contributed by atoms with Crippen molar-refractivity contribution in [3.8, 4) is 5.75 Å². The Bertz CT molecular complexity index is 712. The maximum atomic E-state index is 12.6. The molecule has 0 fully saturated rings.